The monoisotopic (exact) mass is 234 g/mol. The molecule has 2 N–H and O–H groups in total. The fraction of sp³-hybridized carbons (Fsp3) is 0.500. The van der Waals surface area contributed by atoms with Crippen LogP contribution in [0.15, 0.2) is 24.3 Å². The van der Waals surface area contributed by atoms with Gasteiger partial charge in [0.05, 0.1) is 0 Å². The number of benzene rings is 1. The van der Waals surface area contributed by atoms with Gasteiger partial charge in [-0.1, -0.05) is 45.0 Å². The van der Waals surface area contributed by atoms with Crippen molar-refractivity contribution in [3.8, 4) is 0 Å². The van der Waals surface area contributed by atoms with Crippen LogP contribution in [0.25, 0.3) is 0 Å². The molecule has 3 heteroatoms. The number of amides is 2. The van der Waals surface area contributed by atoms with Gasteiger partial charge in [-0.25, -0.2) is 4.79 Å². The first kappa shape index (κ1) is 13.6. The van der Waals surface area contributed by atoms with E-state index in [9.17, 15) is 4.79 Å². The molecule has 0 aliphatic heterocycles. The van der Waals surface area contributed by atoms with E-state index in [2.05, 4.69) is 31.4 Å². The fourth-order valence-corrected chi connectivity index (χ4v) is 1.39. The normalized spacial score (nSPS) is 11.1. The lowest BCUT2D eigenvalue weighted by molar-refractivity contribution is 0.235. The van der Waals surface area contributed by atoms with Crippen molar-refractivity contribution in [2.24, 2.45) is 5.41 Å². The Balaban J connectivity index is 2.36. The van der Waals surface area contributed by atoms with Gasteiger partial charge in [-0.05, 0) is 23.5 Å². The Hall–Kier alpha value is -1.51. The number of aryl methyl sites for hydroxylation is 1. The first-order chi connectivity index (χ1) is 7.88. The maximum absolute atomic E-state index is 11.6. The average Bonchev–Trinajstić information content (AvgIpc) is 2.24. The Morgan fingerprint density at radius 2 is 1.82 bits per heavy atom. The Morgan fingerprint density at radius 3 is 2.41 bits per heavy atom. The number of rotatable bonds is 3. The number of nitrogens with one attached hydrogen (secondary N) is 2. The topological polar surface area (TPSA) is 41.1 Å². The van der Waals surface area contributed by atoms with Crippen molar-refractivity contribution >= 4 is 6.03 Å². The average molecular weight is 234 g/mol. The standard InChI is InChI=1S/C14H22N2O/c1-11-7-5-6-8-12(11)9-15-13(17)16-10-14(2,3)4/h5-8H,9-10H2,1-4H3,(H2,15,16,17). The number of urea groups is 1. The summed E-state index contributed by atoms with van der Waals surface area (Å²) in [6.07, 6.45) is 0. The lowest BCUT2D eigenvalue weighted by Gasteiger charge is -2.19. The van der Waals surface area contributed by atoms with Crippen LogP contribution in [0.4, 0.5) is 4.79 Å². The molecule has 0 atom stereocenters. The summed E-state index contributed by atoms with van der Waals surface area (Å²) in [7, 11) is 0. The maximum Gasteiger partial charge on any atom is 0.315 e. The van der Waals surface area contributed by atoms with E-state index in [0.717, 1.165) is 5.56 Å². The van der Waals surface area contributed by atoms with Gasteiger partial charge >= 0.3 is 6.03 Å². The van der Waals surface area contributed by atoms with Gasteiger partial charge in [0.25, 0.3) is 0 Å². The minimum absolute atomic E-state index is 0.108. The molecule has 0 saturated heterocycles. The van der Waals surface area contributed by atoms with E-state index in [-0.39, 0.29) is 11.4 Å². The van der Waals surface area contributed by atoms with Crippen molar-refractivity contribution in [1.82, 2.24) is 10.6 Å². The van der Waals surface area contributed by atoms with E-state index in [1.165, 1.54) is 5.56 Å². The quantitative estimate of drug-likeness (QED) is 0.829. The molecule has 0 spiro atoms. The van der Waals surface area contributed by atoms with Gasteiger partial charge in [0, 0.05) is 13.1 Å². The first-order valence-electron chi connectivity index (χ1n) is 5.95. The number of hydrogen-bond acceptors (Lipinski definition) is 1. The van der Waals surface area contributed by atoms with Crippen LogP contribution in [0.2, 0.25) is 0 Å². The van der Waals surface area contributed by atoms with Gasteiger partial charge in [0.15, 0.2) is 0 Å². The summed E-state index contributed by atoms with van der Waals surface area (Å²) in [6, 6.07) is 7.95. The molecule has 0 aliphatic rings. The summed E-state index contributed by atoms with van der Waals surface area (Å²) >= 11 is 0. The second kappa shape index (κ2) is 5.71. The highest BCUT2D eigenvalue weighted by Gasteiger charge is 2.11. The van der Waals surface area contributed by atoms with Gasteiger partial charge in [0.2, 0.25) is 0 Å². The molecule has 3 nitrogen and oxygen atoms in total. The van der Waals surface area contributed by atoms with Gasteiger partial charge in [-0.2, -0.15) is 0 Å². The zero-order valence-corrected chi connectivity index (χ0v) is 11.1. The van der Waals surface area contributed by atoms with E-state index >= 15 is 0 Å². The van der Waals surface area contributed by atoms with E-state index < -0.39 is 0 Å². The predicted octanol–water partition coefficient (Wildman–Crippen LogP) is 2.84. The molecule has 1 rings (SSSR count). The Morgan fingerprint density at radius 1 is 1.18 bits per heavy atom. The molecule has 1 aromatic carbocycles. The minimum Gasteiger partial charge on any atom is -0.338 e. The first-order valence-corrected chi connectivity index (χ1v) is 5.95. The van der Waals surface area contributed by atoms with Crippen LogP contribution >= 0.6 is 0 Å². The Bertz CT molecular complexity index is 380. The van der Waals surface area contributed by atoms with Gasteiger partial charge in [-0.3, -0.25) is 0 Å². The minimum atomic E-state index is -0.108. The molecular formula is C14H22N2O. The van der Waals surface area contributed by atoms with Crippen LogP contribution in [0.5, 0.6) is 0 Å². The van der Waals surface area contributed by atoms with Crippen LogP contribution in [0, 0.1) is 12.3 Å². The van der Waals surface area contributed by atoms with Crippen LogP contribution in [0.3, 0.4) is 0 Å². The van der Waals surface area contributed by atoms with E-state index in [1.54, 1.807) is 0 Å². The smallest absolute Gasteiger partial charge is 0.315 e. The molecule has 0 aliphatic carbocycles. The fourth-order valence-electron chi connectivity index (χ4n) is 1.39. The van der Waals surface area contributed by atoms with Crippen molar-refractivity contribution in [3.63, 3.8) is 0 Å². The molecule has 0 saturated carbocycles. The number of carbonyl (C=O) groups is 1. The zero-order chi connectivity index (χ0) is 12.9. The lowest BCUT2D eigenvalue weighted by atomic mass is 9.97. The molecule has 0 aromatic heterocycles. The van der Waals surface area contributed by atoms with Gasteiger partial charge in [0.1, 0.15) is 0 Å². The molecule has 2 amide bonds. The Kier molecular flexibility index (Phi) is 4.55. The van der Waals surface area contributed by atoms with Gasteiger partial charge in [-0.15, -0.1) is 0 Å². The number of hydrogen-bond donors (Lipinski definition) is 2. The highest BCUT2D eigenvalue weighted by molar-refractivity contribution is 5.73. The number of carbonyl (C=O) groups excluding carboxylic acids is 1. The molecular weight excluding hydrogens is 212 g/mol. The second-order valence-corrected chi connectivity index (χ2v) is 5.52. The molecule has 1 aromatic rings. The molecule has 0 heterocycles. The summed E-state index contributed by atoms with van der Waals surface area (Å²) < 4.78 is 0. The second-order valence-electron chi connectivity index (χ2n) is 5.52. The summed E-state index contributed by atoms with van der Waals surface area (Å²) in [5.41, 5.74) is 2.46. The third-order valence-corrected chi connectivity index (χ3v) is 2.48. The summed E-state index contributed by atoms with van der Waals surface area (Å²) in [5, 5.41) is 5.72. The molecule has 0 fully saturated rings. The lowest BCUT2D eigenvalue weighted by Crippen LogP contribution is -2.39. The van der Waals surface area contributed by atoms with Crippen molar-refractivity contribution in [2.75, 3.05) is 6.54 Å². The largest absolute Gasteiger partial charge is 0.338 e. The van der Waals surface area contributed by atoms with Crippen molar-refractivity contribution in [3.05, 3.63) is 35.4 Å². The highest BCUT2D eigenvalue weighted by Crippen LogP contribution is 2.10. The SMILES string of the molecule is Cc1ccccc1CNC(=O)NCC(C)(C)C. The van der Waals surface area contributed by atoms with Crippen molar-refractivity contribution in [2.45, 2.75) is 34.2 Å². The zero-order valence-electron chi connectivity index (χ0n) is 11.1. The van der Waals surface area contributed by atoms with E-state index in [0.29, 0.717) is 13.1 Å². The predicted molar refractivity (Wildman–Crippen MR) is 70.9 cm³/mol. The third kappa shape index (κ3) is 5.38. The van der Waals surface area contributed by atoms with Crippen molar-refractivity contribution in [1.29, 1.82) is 0 Å². The molecule has 17 heavy (non-hydrogen) atoms. The van der Waals surface area contributed by atoms with Crippen LogP contribution in [-0.2, 0) is 6.54 Å². The maximum atomic E-state index is 11.6. The molecule has 0 bridgehead atoms. The van der Waals surface area contributed by atoms with Crippen LogP contribution in [-0.4, -0.2) is 12.6 Å². The summed E-state index contributed by atoms with van der Waals surface area (Å²) in [6.45, 7) is 9.57. The van der Waals surface area contributed by atoms with Crippen LogP contribution < -0.4 is 10.6 Å². The van der Waals surface area contributed by atoms with Crippen LogP contribution in [0.1, 0.15) is 31.9 Å². The molecule has 0 unspecified atom stereocenters. The Labute approximate surface area is 104 Å². The third-order valence-electron chi connectivity index (χ3n) is 2.48. The molecule has 0 radical (unpaired) electrons. The molecule has 94 valence electrons. The highest BCUT2D eigenvalue weighted by atomic mass is 16.2. The van der Waals surface area contributed by atoms with Crippen molar-refractivity contribution < 1.29 is 4.79 Å². The van der Waals surface area contributed by atoms with E-state index in [1.807, 2.05) is 31.2 Å². The van der Waals surface area contributed by atoms with E-state index in [4.69, 9.17) is 0 Å². The van der Waals surface area contributed by atoms with Gasteiger partial charge < -0.3 is 10.6 Å². The summed E-state index contributed by atoms with van der Waals surface area (Å²) in [5.74, 6) is 0. The summed E-state index contributed by atoms with van der Waals surface area (Å²) in [4.78, 5) is 11.6.